The number of aliphatic hydroxyl groups excluding tert-OH is 1. The molecule has 152 valence electrons. The van der Waals surface area contributed by atoms with Crippen LogP contribution in [0, 0.1) is 11.3 Å². The van der Waals surface area contributed by atoms with Crippen LogP contribution in [0.4, 0.5) is 0 Å². The van der Waals surface area contributed by atoms with Crippen LogP contribution in [-0.4, -0.2) is 46.7 Å². The van der Waals surface area contributed by atoms with E-state index < -0.39 is 18.0 Å². The third kappa shape index (κ3) is 3.98. The molecule has 3 atom stereocenters. The van der Waals surface area contributed by atoms with Gasteiger partial charge in [-0.15, -0.1) is 0 Å². The third-order valence-electron chi connectivity index (χ3n) is 6.09. The predicted octanol–water partition coefficient (Wildman–Crippen LogP) is 2.66. The molecule has 0 radical (unpaired) electrons. The summed E-state index contributed by atoms with van der Waals surface area (Å²) in [7, 11) is 0. The molecular weight excluding hydrogens is 370 g/mol. The number of carboxylic acid groups (broad SMARTS) is 1. The number of aliphatic hydroxyl groups is 1. The fraction of sp³-hybridized carbons (Fsp3) is 0.391. The Morgan fingerprint density at radius 2 is 1.83 bits per heavy atom. The minimum absolute atomic E-state index is 0.00372. The Balaban J connectivity index is 1.32. The molecule has 1 aliphatic carbocycles. The molecule has 0 aromatic heterocycles. The summed E-state index contributed by atoms with van der Waals surface area (Å²) in [6, 6.07) is 17.8. The summed E-state index contributed by atoms with van der Waals surface area (Å²) in [4.78, 5) is 25.8. The Morgan fingerprint density at radius 1 is 1.10 bits per heavy atom. The Kier molecular flexibility index (Phi) is 5.28. The van der Waals surface area contributed by atoms with Gasteiger partial charge in [0.1, 0.15) is 17.8 Å². The molecular formula is C23H25NO5. The van der Waals surface area contributed by atoms with Gasteiger partial charge in [-0.05, 0) is 42.0 Å². The van der Waals surface area contributed by atoms with Crippen molar-refractivity contribution in [1.29, 1.82) is 0 Å². The van der Waals surface area contributed by atoms with Gasteiger partial charge in [0, 0.05) is 19.0 Å². The van der Waals surface area contributed by atoms with Crippen LogP contribution < -0.4 is 4.74 Å². The number of hydrogen-bond acceptors (Lipinski definition) is 4. The monoisotopic (exact) mass is 395 g/mol. The average Bonchev–Trinajstić information content (AvgIpc) is 3.42. The smallest absolute Gasteiger partial charge is 0.313 e. The van der Waals surface area contributed by atoms with Crippen molar-refractivity contribution in [2.45, 2.75) is 25.4 Å². The molecule has 29 heavy (non-hydrogen) atoms. The molecule has 1 unspecified atom stereocenters. The highest BCUT2D eigenvalue weighted by atomic mass is 16.5. The number of aliphatic carboxylic acids is 1. The zero-order valence-electron chi connectivity index (χ0n) is 16.2. The van der Waals surface area contributed by atoms with Crippen LogP contribution in [0.1, 0.15) is 29.9 Å². The molecule has 1 heterocycles. The van der Waals surface area contributed by atoms with E-state index in [0.29, 0.717) is 19.6 Å². The quantitative estimate of drug-likeness (QED) is 0.753. The topological polar surface area (TPSA) is 87.1 Å². The summed E-state index contributed by atoms with van der Waals surface area (Å²) in [5.41, 5.74) is 0.995. The Hall–Kier alpha value is -2.86. The zero-order valence-corrected chi connectivity index (χ0v) is 16.2. The zero-order chi connectivity index (χ0) is 20.4. The molecule has 1 aliphatic heterocycles. The van der Waals surface area contributed by atoms with Gasteiger partial charge in [0.2, 0.25) is 5.91 Å². The lowest BCUT2D eigenvalue weighted by atomic mass is 9.88. The molecule has 4 rings (SSSR count). The SMILES string of the molecule is O=C([C@@H]1C[C@H]1c1ccc(OCc2ccccc2)cc1)N1CCC(CO)(C(=O)O)C1. The predicted molar refractivity (Wildman–Crippen MR) is 106 cm³/mol. The first kappa shape index (κ1) is 19.5. The van der Waals surface area contributed by atoms with E-state index >= 15 is 0 Å². The Labute approximate surface area is 169 Å². The molecule has 2 fully saturated rings. The van der Waals surface area contributed by atoms with Crippen molar-refractivity contribution < 1.29 is 24.5 Å². The number of carbonyl (C=O) groups is 2. The molecule has 0 spiro atoms. The molecule has 6 nitrogen and oxygen atoms in total. The lowest BCUT2D eigenvalue weighted by molar-refractivity contribution is -0.151. The molecule has 1 saturated carbocycles. The van der Waals surface area contributed by atoms with Gasteiger partial charge < -0.3 is 19.8 Å². The van der Waals surface area contributed by atoms with Crippen LogP contribution in [-0.2, 0) is 16.2 Å². The number of benzene rings is 2. The van der Waals surface area contributed by atoms with Crippen LogP contribution >= 0.6 is 0 Å². The molecule has 2 aliphatic rings. The fourth-order valence-corrected chi connectivity index (χ4v) is 4.05. The normalized spacial score (nSPS) is 25.6. The number of hydrogen-bond donors (Lipinski definition) is 2. The number of carbonyl (C=O) groups excluding carboxylic acids is 1. The molecule has 1 saturated heterocycles. The number of likely N-dealkylation sites (tertiary alicyclic amines) is 1. The average molecular weight is 395 g/mol. The standard InChI is InChI=1S/C23H25NO5/c25-15-23(22(27)28)10-11-24(14-23)21(26)20-12-19(20)17-6-8-18(9-7-17)29-13-16-4-2-1-3-5-16/h1-9,19-20,25H,10-15H2,(H,27,28)/t19-,20+,23?/m0/s1. The molecule has 2 aromatic carbocycles. The van der Waals surface area contributed by atoms with Gasteiger partial charge in [-0.1, -0.05) is 42.5 Å². The molecule has 2 aromatic rings. The maximum Gasteiger partial charge on any atom is 0.313 e. The van der Waals surface area contributed by atoms with E-state index in [2.05, 4.69) is 0 Å². The minimum atomic E-state index is -1.21. The van der Waals surface area contributed by atoms with Crippen molar-refractivity contribution in [3.63, 3.8) is 0 Å². The van der Waals surface area contributed by atoms with E-state index in [4.69, 9.17) is 4.74 Å². The van der Waals surface area contributed by atoms with Crippen molar-refractivity contribution in [2.75, 3.05) is 19.7 Å². The second-order valence-corrected chi connectivity index (χ2v) is 8.05. The molecule has 0 bridgehead atoms. The van der Waals surface area contributed by atoms with Crippen molar-refractivity contribution in [2.24, 2.45) is 11.3 Å². The van der Waals surface area contributed by atoms with E-state index in [9.17, 15) is 19.8 Å². The first-order valence-corrected chi connectivity index (χ1v) is 9.92. The second kappa shape index (κ2) is 7.87. The van der Waals surface area contributed by atoms with Crippen molar-refractivity contribution in [3.8, 4) is 5.75 Å². The number of nitrogens with zero attached hydrogens (tertiary/aromatic N) is 1. The van der Waals surface area contributed by atoms with Gasteiger partial charge in [-0.25, -0.2) is 0 Å². The summed E-state index contributed by atoms with van der Waals surface area (Å²) >= 11 is 0. The highest BCUT2D eigenvalue weighted by Gasteiger charge is 2.51. The number of carboxylic acids is 1. The molecule has 2 N–H and O–H groups in total. The lowest BCUT2D eigenvalue weighted by Crippen LogP contribution is -2.40. The first-order chi connectivity index (χ1) is 14.0. The summed E-state index contributed by atoms with van der Waals surface area (Å²) in [6.07, 6.45) is 1.08. The van der Waals surface area contributed by atoms with Crippen molar-refractivity contribution >= 4 is 11.9 Å². The van der Waals surface area contributed by atoms with Gasteiger partial charge >= 0.3 is 5.97 Å². The van der Waals surface area contributed by atoms with Gasteiger partial charge in [0.15, 0.2) is 0 Å². The summed E-state index contributed by atoms with van der Waals surface area (Å²) in [6.45, 7) is 0.550. The number of ether oxygens (including phenoxy) is 1. The van der Waals surface area contributed by atoms with Crippen molar-refractivity contribution in [3.05, 3.63) is 65.7 Å². The van der Waals surface area contributed by atoms with Crippen molar-refractivity contribution in [1.82, 2.24) is 4.90 Å². The third-order valence-corrected chi connectivity index (χ3v) is 6.09. The summed E-state index contributed by atoms with van der Waals surface area (Å²) < 4.78 is 5.81. The Morgan fingerprint density at radius 3 is 2.45 bits per heavy atom. The van der Waals surface area contributed by atoms with E-state index in [1.54, 1.807) is 4.90 Å². The highest BCUT2D eigenvalue weighted by Crippen LogP contribution is 2.49. The van der Waals surface area contributed by atoms with Crippen LogP contribution in [0.25, 0.3) is 0 Å². The molecule has 1 amide bonds. The van der Waals surface area contributed by atoms with Gasteiger partial charge in [0.25, 0.3) is 0 Å². The lowest BCUT2D eigenvalue weighted by Gasteiger charge is -2.22. The van der Waals surface area contributed by atoms with E-state index in [0.717, 1.165) is 23.3 Å². The van der Waals surface area contributed by atoms with E-state index in [-0.39, 0.29) is 24.3 Å². The van der Waals surface area contributed by atoms with E-state index in [1.807, 2.05) is 54.6 Å². The van der Waals surface area contributed by atoms with Crippen LogP contribution in [0.3, 0.4) is 0 Å². The highest BCUT2D eigenvalue weighted by molar-refractivity contribution is 5.85. The number of amides is 1. The number of rotatable bonds is 7. The fourth-order valence-electron chi connectivity index (χ4n) is 4.05. The maximum atomic E-state index is 12.8. The van der Waals surface area contributed by atoms with Gasteiger partial charge in [-0.2, -0.15) is 0 Å². The van der Waals surface area contributed by atoms with E-state index in [1.165, 1.54) is 0 Å². The Bertz CT molecular complexity index is 882. The van der Waals surface area contributed by atoms with Crippen LogP contribution in [0.2, 0.25) is 0 Å². The second-order valence-electron chi connectivity index (χ2n) is 8.05. The van der Waals surface area contributed by atoms with Crippen LogP contribution in [0.15, 0.2) is 54.6 Å². The minimum Gasteiger partial charge on any atom is -0.489 e. The van der Waals surface area contributed by atoms with Gasteiger partial charge in [0.05, 0.1) is 6.61 Å². The first-order valence-electron chi connectivity index (χ1n) is 9.92. The summed E-state index contributed by atoms with van der Waals surface area (Å²) in [5, 5.41) is 18.9. The van der Waals surface area contributed by atoms with Crippen LogP contribution in [0.5, 0.6) is 5.75 Å². The largest absolute Gasteiger partial charge is 0.489 e. The molecule has 6 heteroatoms. The maximum absolute atomic E-state index is 12.8. The van der Waals surface area contributed by atoms with Gasteiger partial charge in [-0.3, -0.25) is 9.59 Å². The summed E-state index contributed by atoms with van der Waals surface area (Å²) in [5.74, 6) is -0.186.